The second-order valence-electron chi connectivity index (χ2n) is 3.68. The summed E-state index contributed by atoms with van der Waals surface area (Å²) in [4.78, 5) is 22.2. The van der Waals surface area contributed by atoms with Gasteiger partial charge in [0.2, 0.25) is 0 Å². The molecule has 82 valence electrons. The largest absolute Gasteiger partial charge is 0.342 e. The van der Waals surface area contributed by atoms with E-state index in [0.29, 0.717) is 12.8 Å². The fourth-order valence-corrected chi connectivity index (χ4v) is 1.46. The van der Waals surface area contributed by atoms with Crippen LogP contribution in [0, 0.1) is 0 Å². The SMILES string of the molecule is CC(=O)CCc1ncc(-c2ccncc2)[nH]1. The Hall–Kier alpha value is -1.97. The number of rotatable bonds is 4. The van der Waals surface area contributed by atoms with Gasteiger partial charge in [-0.25, -0.2) is 4.98 Å². The molecule has 0 fully saturated rings. The number of aromatic amines is 1. The molecule has 0 bridgehead atoms. The van der Waals surface area contributed by atoms with Crippen molar-refractivity contribution in [2.45, 2.75) is 19.8 Å². The predicted molar refractivity (Wildman–Crippen MR) is 60.8 cm³/mol. The lowest BCUT2D eigenvalue weighted by Gasteiger charge is -1.95. The third-order valence-corrected chi connectivity index (χ3v) is 2.33. The molecule has 2 aromatic rings. The zero-order valence-electron chi connectivity index (χ0n) is 9.10. The maximum atomic E-state index is 10.8. The van der Waals surface area contributed by atoms with Crippen molar-refractivity contribution in [2.75, 3.05) is 0 Å². The molecule has 2 aromatic heterocycles. The van der Waals surface area contributed by atoms with Crippen LogP contribution in [0.3, 0.4) is 0 Å². The molecule has 0 aromatic carbocycles. The van der Waals surface area contributed by atoms with Crippen LogP contribution in [0.1, 0.15) is 19.2 Å². The average Bonchev–Trinajstić information content (AvgIpc) is 2.76. The van der Waals surface area contributed by atoms with Crippen molar-refractivity contribution in [3.63, 3.8) is 0 Å². The van der Waals surface area contributed by atoms with Crippen molar-refractivity contribution in [2.24, 2.45) is 0 Å². The molecular weight excluding hydrogens is 202 g/mol. The van der Waals surface area contributed by atoms with Crippen molar-refractivity contribution >= 4 is 5.78 Å². The summed E-state index contributed by atoms with van der Waals surface area (Å²) >= 11 is 0. The van der Waals surface area contributed by atoms with Gasteiger partial charge in [-0.3, -0.25) is 4.98 Å². The van der Waals surface area contributed by atoms with E-state index in [1.807, 2.05) is 12.1 Å². The number of carbonyl (C=O) groups is 1. The van der Waals surface area contributed by atoms with Gasteiger partial charge in [-0.15, -0.1) is 0 Å². The summed E-state index contributed by atoms with van der Waals surface area (Å²) < 4.78 is 0. The molecular formula is C12H13N3O. The fraction of sp³-hybridized carbons (Fsp3) is 0.250. The lowest BCUT2D eigenvalue weighted by Crippen LogP contribution is -1.95. The number of nitrogens with zero attached hydrogens (tertiary/aromatic N) is 2. The molecule has 0 radical (unpaired) electrons. The van der Waals surface area contributed by atoms with Crippen LogP contribution in [0.4, 0.5) is 0 Å². The van der Waals surface area contributed by atoms with Crippen LogP contribution in [0.5, 0.6) is 0 Å². The van der Waals surface area contributed by atoms with E-state index >= 15 is 0 Å². The quantitative estimate of drug-likeness (QED) is 0.848. The second-order valence-corrected chi connectivity index (χ2v) is 3.68. The maximum Gasteiger partial charge on any atom is 0.130 e. The molecule has 4 nitrogen and oxygen atoms in total. The van der Waals surface area contributed by atoms with Gasteiger partial charge in [0.1, 0.15) is 11.6 Å². The zero-order valence-corrected chi connectivity index (χ0v) is 9.10. The van der Waals surface area contributed by atoms with Gasteiger partial charge in [0.05, 0.1) is 11.9 Å². The number of Topliss-reactive ketones (excluding diaryl/α,β-unsaturated/α-hetero) is 1. The third-order valence-electron chi connectivity index (χ3n) is 2.33. The highest BCUT2D eigenvalue weighted by molar-refractivity contribution is 5.75. The standard InChI is InChI=1S/C12H13N3O/c1-9(16)2-3-12-14-8-11(15-12)10-4-6-13-7-5-10/h4-8H,2-3H2,1H3,(H,14,15). The first-order chi connectivity index (χ1) is 7.75. The first-order valence-corrected chi connectivity index (χ1v) is 5.19. The highest BCUT2D eigenvalue weighted by atomic mass is 16.1. The molecule has 2 rings (SSSR count). The molecule has 0 aliphatic heterocycles. The van der Waals surface area contributed by atoms with Crippen molar-refractivity contribution in [1.82, 2.24) is 15.0 Å². The summed E-state index contributed by atoms with van der Waals surface area (Å²) in [6.07, 6.45) is 6.46. The molecule has 4 heteroatoms. The Labute approximate surface area is 93.8 Å². The molecule has 0 unspecified atom stereocenters. The van der Waals surface area contributed by atoms with Crippen LogP contribution in [0.15, 0.2) is 30.7 Å². The van der Waals surface area contributed by atoms with Crippen molar-refractivity contribution in [1.29, 1.82) is 0 Å². The van der Waals surface area contributed by atoms with E-state index in [0.717, 1.165) is 17.1 Å². The second kappa shape index (κ2) is 4.70. The highest BCUT2D eigenvalue weighted by Gasteiger charge is 2.03. The minimum atomic E-state index is 0.182. The Morgan fingerprint density at radius 2 is 2.12 bits per heavy atom. The number of carbonyl (C=O) groups excluding carboxylic acids is 1. The minimum Gasteiger partial charge on any atom is -0.342 e. The Balaban J connectivity index is 2.11. The van der Waals surface area contributed by atoms with Crippen molar-refractivity contribution in [3.8, 4) is 11.3 Å². The van der Waals surface area contributed by atoms with Crippen LogP contribution in [-0.4, -0.2) is 20.7 Å². The smallest absolute Gasteiger partial charge is 0.130 e. The van der Waals surface area contributed by atoms with E-state index in [1.54, 1.807) is 25.5 Å². The van der Waals surface area contributed by atoms with Crippen molar-refractivity contribution < 1.29 is 4.79 Å². The molecule has 0 saturated carbocycles. The van der Waals surface area contributed by atoms with Crippen LogP contribution in [0.25, 0.3) is 11.3 Å². The van der Waals surface area contributed by atoms with Gasteiger partial charge in [0, 0.05) is 30.8 Å². The molecule has 2 heterocycles. The number of hydrogen-bond donors (Lipinski definition) is 1. The molecule has 0 atom stereocenters. The maximum absolute atomic E-state index is 10.8. The molecule has 16 heavy (non-hydrogen) atoms. The highest BCUT2D eigenvalue weighted by Crippen LogP contribution is 2.15. The first kappa shape index (κ1) is 10.5. The lowest BCUT2D eigenvalue weighted by atomic mass is 10.2. The summed E-state index contributed by atoms with van der Waals surface area (Å²) in [5.41, 5.74) is 2.01. The van der Waals surface area contributed by atoms with Gasteiger partial charge in [-0.05, 0) is 19.1 Å². The van der Waals surface area contributed by atoms with Gasteiger partial charge in [0.25, 0.3) is 0 Å². The van der Waals surface area contributed by atoms with Crippen LogP contribution < -0.4 is 0 Å². The van der Waals surface area contributed by atoms with Gasteiger partial charge in [-0.2, -0.15) is 0 Å². The lowest BCUT2D eigenvalue weighted by molar-refractivity contribution is -0.117. The molecule has 0 amide bonds. The number of ketones is 1. The summed E-state index contributed by atoms with van der Waals surface area (Å²) in [6, 6.07) is 3.84. The number of H-pyrrole nitrogens is 1. The molecule has 0 saturated heterocycles. The van der Waals surface area contributed by atoms with Gasteiger partial charge in [-0.1, -0.05) is 0 Å². The van der Waals surface area contributed by atoms with Crippen molar-refractivity contribution in [3.05, 3.63) is 36.5 Å². The van der Waals surface area contributed by atoms with E-state index in [2.05, 4.69) is 15.0 Å². The average molecular weight is 215 g/mol. The van der Waals surface area contributed by atoms with E-state index in [-0.39, 0.29) is 5.78 Å². The van der Waals surface area contributed by atoms with Gasteiger partial charge >= 0.3 is 0 Å². The number of pyridine rings is 1. The fourth-order valence-electron chi connectivity index (χ4n) is 1.46. The molecule has 0 aliphatic carbocycles. The predicted octanol–water partition coefficient (Wildman–Crippen LogP) is 1.99. The van der Waals surface area contributed by atoms with E-state index in [9.17, 15) is 4.79 Å². The summed E-state index contributed by atoms with van der Waals surface area (Å²) in [5, 5.41) is 0. The first-order valence-electron chi connectivity index (χ1n) is 5.19. The zero-order chi connectivity index (χ0) is 11.4. The molecule has 1 N–H and O–H groups in total. The Morgan fingerprint density at radius 3 is 2.81 bits per heavy atom. The Morgan fingerprint density at radius 1 is 1.38 bits per heavy atom. The number of hydrogen-bond acceptors (Lipinski definition) is 3. The van der Waals surface area contributed by atoms with E-state index in [4.69, 9.17) is 0 Å². The number of aryl methyl sites for hydroxylation is 1. The normalized spacial score (nSPS) is 10.3. The summed E-state index contributed by atoms with van der Waals surface area (Å²) in [7, 11) is 0. The van der Waals surface area contributed by atoms with Gasteiger partial charge < -0.3 is 9.78 Å². The number of nitrogens with one attached hydrogen (secondary N) is 1. The topological polar surface area (TPSA) is 58.6 Å². The van der Waals surface area contributed by atoms with E-state index < -0.39 is 0 Å². The molecule has 0 spiro atoms. The third kappa shape index (κ3) is 2.53. The summed E-state index contributed by atoms with van der Waals surface area (Å²) in [6.45, 7) is 1.59. The summed E-state index contributed by atoms with van der Waals surface area (Å²) in [5.74, 6) is 1.03. The van der Waals surface area contributed by atoms with Crippen LogP contribution in [0.2, 0.25) is 0 Å². The Kier molecular flexibility index (Phi) is 3.10. The minimum absolute atomic E-state index is 0.182. The number of imidazole rings is 1. The monoisotopic (exact) mass is 215 g/mol. The van der Waals surface area contributed by atoms with Crippen LogP contribution >= 0.6 is 0 Å². The van der Waals surface area contributed by atoms with Gasteiger partial charge in [0.15, 0.2) is 0 Å². The van der Waals surface area contributed by atoms with Crippen LogP contribution in [-0.2, 0) is 11.2 Å². The Bertz CT molecular complexity index is 476. The molecule has 0 aliphatic rings. The number of aromatic nitrogens is 3. The van der Waals surface area contributed by atoms with E-state index in [1.165, 1.54) is 0 Å².